The molecule has 1 aliphatic rings. The first kappa shape index (κ1) is 51.1. The molecule has 1 aliphatic heterocycles. The number of carbonyl (C=O) groups is 1. The van der Waals surface area contributed by atoms with Crippen LogP contribution in [0.1, 0.15) is 35.6 Å². The van der Waals surface area contributed by atoms with Crippen molar-refractivity contribution in [3.63, 3.8) is 0 Å². The molecule has 0 unspecified atom stereocenters. The molecule has 3 aromatic heterocycles. The van der Waals surface area contributed by atoms with Gasteiger partial charge in [-0.15, -0.1) is 0 Å². The summed E-state index contributed by atoms with van der Waals surface area (Å²) in [6.07, 6.45) is -3.08. The van der Waals surface area contributed by atoms with Crippen molar-refractivity contribution in [2.75, 3.05) is 76.9 Å². The third kappa shape index (κ3) is 11.7. The standard InChI is InChI=1S/C51H56F4N10O6S/c1-32-49(33(2)71-61-32)35-23-41(56)50-46(24-35)64(31-59-50)27-34-12-14-37(15-13-34)70-29-48(66)58-20-8-21-63(4)72(67,68)38-16-17-44(47(26-38)69-5)57-19-7-9-36-25-39-42(60-43-18-22-62(3)28-40(43)52)10-6-11-45(39)65(36)30-51(53,54)55/h6,10-17,23-26,31,40,43,57,60H,8,18-22,27-30,56H2,1-5H3,(H,58,66)/t40-,43+/m0/s1. The van der Waals surface area contributed by atoms with Gasteiger partial charge in [0.15, 0.2) is 6.61 Å². The minimum Gasteiger partial charge on any atom is -0.495 e. The van der Waals surface area contributed by atoms with Crippen LogP contribution in [0.4, 0.5) is 34.6 Å². The van der Waals surface area contributed by atoms with E-state index in [9.17, 15) is 30.8 Å². The van der Waals surface area contributed by atoms with E-state index in [1.165, 1.54) is 36.7 Å². The highest BCUT2D eigenvalue weighted by molar-refractivity contribution is 7.89. The normalized spacial score (nSPS) is 15.4. The fourth-order valence-corrected chi connectivity index (χ4v) is 10.0. The lowest BCUT2D eigenvalue weighted by Crippen LogP contribution is -2.46. The van der Waals surface area contributed by atoms with E-state index in [0.29, 0.717) is 70.9 Å². The molecule has 16 nitrogen and oxygen atoms in total. The van der Waals surface area contributed by atoms with E-state index in [1.807, 2.05) is 54.6 Å². The van der Waals surface area contributed by atoms with Crippen LogP contribution in [0, 0.1) is 25.7 Å². The van der Waals surface area contributed by atoms with Crippen molar-refractivity contribution in [1.82, 2.24) is 33.8 Å². The van der Waals surface area contributed by atoms with E-state index < -0.39 is 35.0 Å². The minimum absolute atomic E-state index is 0.0158. The number of likely N-dealkylation sites (tertiary alicyclic amines) is 1. The molecule has 1 saturated heterocycles. The maximum absolute atomic E-state index is 14.9. The Morgan fingerprint density at radius 1 is 1.04 bits per heavy atom. The van der Waals surface area contributed by atoms with Gasteiger partial charge in [-0.2, -0.15) is 13.2 Å². The number of benzene rings is 4. The number of ether oxygens (including phenoxy) is 2. The van der Waals surface area contributed by atoms with E-state index in [1.54, 1.807) is 42.7 Å². The average Bonchev–Trinajstić information content (AvgIpc) is 4.02. The fraction of sp³-hybridized carbons (Fsp3) is 0.353. The third-order valence-electron chi connectivity index (χ3n) is 12.5. The number of nitrogens with two attached hydrogens (primary N) is 1. The molecular formula is C51H56F4N10O6S. The number of alkyl halides is 4. The molecule has 8 rings (SSSR count). The number of fused-ring (bicyclic) bond motifs is 2. The minimum atomic E-state index is -4.53. The van der Waals surface area contributed by atoms with Crippen molar-refractivity contribution in [1.29, 1.82) is 0 Å². The third-order valence-corrected chi connectivity index (χ3v) is 14.4. The molecule has 380 valence electrons. The lowest BCUT2D eigenvalue weighted by atomic mass is 10.0. The number of aromatic nitrogens is 4. The highest BCUT2D eigenvalue weighted by atomic mass is 32.2. The zero-order valence-electron chi connectivity index (χ0n) is 40.4. The van der Waals surface area contributed by atoms with Crippen molar-refractivity contribution in [3.8, 4) is 34.5 Å². The van der Waals surface area contributed by atoms with E-state index in [2.05, 4.69) is 37.9 Å². The number of piperidine rings is 1. The van der Waals surface area contributed by atoms with Crippen LogP contribution < -0.4 is 31.2 Å². The number of carbonyl (C=O) groups excluding carboxylic acids is 1. The monoisotopic (exact) mass is 1010 g/mol. The number of rotatable bonds is 18. The molecule has 0 radical (unpaired) electrons. The van der Waals surface area contributed by atoms with E-state index in [0.717, 1.165) is 32.5 Å². The Hall–Kier alpha value is -7.28. The zero-order valence-corrected chi connectivity index (χ0v) is 41.3. The SMILES string of the molecule is COc1cc(S(=O)(=O)N(C)CCCNC(=O)COc2ccc(Cn3cnc4c(N)cc(-c5c(C)noc5C)cc43)cc2)ccc1NCC#Cc1cc2c(N[C@@H]3CCN(C)C[C@@H]3F)cccc2n1CC(F)(F)F. The highest BCUT2D eigenvalue weighted by Crippen LogP contribution is 2.35. The van der Waals surface area contributed by atoms with Crippen molar-refractivity contribution in [2.45, 2.75) is 63.1 Å². The van der Waals surface area contributed by atoms with Crippen LogP contribution >= 0.6 is 0 Å². The Morgan fingerprint density at radius 2 is 1.83 bits per heavy atom. The van der Waals surface area contributed by atoms with Gasteiger partial charge in [-0.3, -0.25) is 4.79 Å². The maximum atomic E-state index is 14.9. The van der Waals surface area contributed by atoms with Crippen LogP contribution in [0.3, 0.4) is 0 Å². The molecule has 72 heavy (non-hydrogen) atoms. The largest absolute Gasteiger partial charge is 0.495 e. The molecule has 0 bridgehead atoms. The summed E-state index contributed by atoms with van der Waals surface area (Å²) >= 11 is 0. The van der Waals surface area contributed by atoms with Crippen LogP contribution in [0.15, 0.2) is 94.6 Å². The molecule has 5 N–H and O–H groups in total. The number of halogens is 4. The number of amides is 1. The summed E-state index contributed by atoms with van der Waals surface area (Å²) in [7, 11) is 0.683. The van der Waals surface area contributed by atoms with Crippen molar-refractivity contribution >= 4 is 54.9 Å². The average molecular weight is 1010 g/mol. The summed E-state index contributed by atoms with van der Waals surface area (Å²) < 4.78 is 104. The van der Waals surface area contributed by atoms with Gasteiger partial charge in [0.1, 0.15) is 35.5 Å². The molecule has 0 aliphatic carbocycles. The first-order valence-corrected chi connectivity index (χ1v) is 24.6. The van der Waals surface area contributed by atoms with Crippen LogP contribution in [0.2, 0.25) is 0 Å². The van der Waals surface area contributed by atoms with Gasteiger partial charge in [-0.25, -0.2) is 22.1 Å². The summed E-state index contributed by atoms with van der Waals surface area (Å²) in [4.78, 5) is 19.0. The number of methoxy groups -OCH3 is 1. The van der Waals surface area contributed by atoms with Crippen LogP contribution in [-0.4, -0.2) is 122 Å². The highest BCUT2D eigenvalue weighted by Gasteiger charge is 2.31. The van der Waals surface area contributed by atoms with Gasteiger partial charge in [0.05, 0.1) is 64.7 Å². The second-order valence-corrected chi connectivity index (χ2v) is 19.8. The number of anilines is 3. The Balaban J connectivity index is 0.808. The molecular weight excluding hydrogens is 957 g/mol. The van der Waals surface area contributed by atoms with Crippen molar-refractivity contribution in [2.24, 2.45) is 0 Å². The molecule has 0 spiro atoms. The van der Waals surface area contributed by atoms with Gasteiger partial charge in [0.25, 0.3) is 5.91 Å². The Kier molecular flexibility index (Phi) is 15.3. The quantitative estimate of drug-likeness (QED) is 0.0286. The van der Waals surface area contributed by atoms with Gasteiger partial charge in [0, 0.05) is 62.5 Å². The molecule has 21 heteroatoms. The number of nitrogens with zero attached hydrogens (tertiary/aromatic N) is 6. The number of hydrogen-bond acceptors (Lipinski definition) is 12. The zero-order chi connectivity index (χ0) is 51.3. The summed E-state index contributed by atoms with van der Waals surface area (Å²) in [6, 6.07) is 21.6. The number of sulfonamides is 1. The maximum Gasteiger partial charge on any atom is 0.406 e. The number of nitrogen functional groups attached to an aromatic ring is 1. The molecule has 7 aromatic rings. The number of aryl methyl sites for hydroxylation is 2. The second kappa shape index (κ2) is 21.6. The summed E-state index contributed by atoms with van der Waals surface area (Å²) in [5, 5.41) is 13.6. The summed E-state index contributed by atoms with van der Waals surface area (Å²) in [5.74, 6) is 6.76. The number of hydrogen-bond donors (Lipinski definition) is 4. The van der Waals surface area contributed by atoms with Crippen molar-refractivity contribution in [3.05, 3.63) is 108 Å². The smallest absolute Gasteiger partial charge is 0.406 e. The Morgan fingerprint density at radius 3 is 2.56 bits per heavy atom. The molecule has 4 heterocycles. The van der Waals surface area contributed by atoms with Crippen LogP contribution in [0.5, 0.6) is 11.5 Å². The van der Waals surface area contributed by atoms with Gasteiger partial charge in [0.2, 0.25) is 10.0 Å². The second-order valence-electron chi connectivity index (χ2n) is 17.8. The lowest BCUT2D eigenvalue weighted by molar-refractivity contribution is -0.140. The van der Waals surface area contributed by atoms with Gasteiger partial charge in [-0.05, 0) is 105 Å². The fourth-order valence-electron chi connectivity index (χ4n) is 8.81. The number of nitrogens with one attached hydrogen (secondary N) is 3. The molecule has 1 amide bonds. The first-order chi connectivity index (χ1) is 34.4. The van der Waals surface area contributed by atoms with Crippen LogP contribution in [0.25, 0.3) is 33.1 Å². The predicted octanol–water partition coefficient (Wildman–Crippen LogP) is 7.59. The number of imidazole rings is 1. The molecule has 2 atom stereocenters. The van der Waals surface area contributed by atoms with Crippen LogP contribution in [-0.2, 0) is 27.9 Å². The predicted molar refractivity (Wildman–Crippen MR) is 268 cm³/mol. The lowest BCUT2D eigenvalue weighted by Gasteiger charge is -2.33. The van der Waals surface area contributed by atoms with E-state index in [-0.39, 0.29) is 55.0 Å². The molecule has 4 aromatic carbocycles. The van der Waals surface area contributed by atoms with E-state index >= 15 is 0 Å². The van der Waals surface area contributed by atoms with E-state index in [4.69, 9.17) is 19.7 Å². The Bertz CT molecular complexity index is 3230. The van der Waals surface area contributed by atoms with Crippen molar-refractivity contribution < 1.29 is 44.8 Å². The molecule has 1 fully saturated rings. The van der Waals surface area contributed by atoms with Gasteiger partial charge >= 0.3 is 6.18 Å². The summed E-state index contributed by atoms with van der Waals surface area (Å²) in [5.41, 5.74) is 13.4. The Labute approximate surface area is 414 Å². The molecule has 0 saturated carbocycles. The topological polar surface area (TPSA) is 187 Å². The van der Waals surface area contributed by atoms with Gasteiger partial charge < -0.3 is 49.7 Å². The first-order valence-electron chi connectivity index (χ1n) is 23.2. The summed E-state index contributed by atoms with van der Waals surface area (Å²) in [6.45, 7) is 3.97. The van der Waals surface area contributed by atoms with Gasteiger partial charge in [-0.1, -0.05) is 29.3 Å².